The van der Waals surface area contributed by atoms with Gasteiger partial charge in [0.2, 0.25) is 0 Å². The molecule has 18 heavy (non-hydrogen) atoms. The normalized spacial score (nSPS) is 10.2. The molecule has 0 aromatic heterocycles. The molecule has 1 aromatic carbocycles. The molecule has 1 N–H and O–H groups in total. The second-order valence-electron chi connectivity index (χ2n) is 3.69. The van der Waals surface area contributed by atoms with Gasteiger partial charge in [0.05, 0.1) is 17.9 Å². The highest BCUT2D eigenvalue weighted by atomic mass is 35.5. The van der Waals surface area contributed by atoms with E-state index in [9.17, 15) is 4.79 Å². The van der Waals surface area contributed by atoms with Gasteiger partial charge < -0.3 is 14.7 Å². The van der Waals surface area contributed by atoms with E-state index in [-0.39, 0.29) is 5.56 Å². The lowest BCUT2D eigenvalue weighted by Gasteiger charge is -2.24. The Morgan fingerprint density at radius 2 is 2.17 bits per heavy atom. The predicted molar refractivity (Wildman–Crippen MR) is 73.2 cm³/mol. The molecule has 1 rings (SSSR count). The molecule has 0 heterocycles. The SMILES string of the molecule is CCOc1ccc(C(=O)O)cc1N(CC)CCCl. The van der Waals surface area contributed by atoms with Crippen LogP contribution in [0.5, 0.6) is 5.75 Å². The van der Waals surface area contributed by atoms with Gasteiger partial charge in [-0.2, -0.15) is 0 Å². The molecule has 0 amide bonds. The Morgan fingerprint density at radius 3 is 2.67 bits per heavy atom. The zero-order chi connectivity index (χ0) is 13.5. The molecule has 0 bridgehead atoms. The minimum atomic E-state index is -0.943. The van der Waals surface area contributed by atoms with E-state index in [0.717, 1.165) is 12.2 Å². The first kappa shape index (κ1) is 14.6. The Labute approximate surface area is 112 Å². The topological polar surface area (TPSA) is 49.8 Å². The second-order valence-corrected chi connectivity index (χ2v) is 4.07. The average molecular weight is 272 g/mol. The number of rotatable bonds is 7. The zero-order valence-corrected chi connectivity index (χ0v) is 11.4. The van der Waals surface area contributed by atoms with Crippen molar-refractivity contribution < 1.29 is 14.6 Å². The van der Waals surface area contributed by atoms with Crippen molar-refractivity contribution in [3.8, 4) is 5.75 Å². The number of alkyl halides is 1. The van der Waals surface area contributed by atoms with Gasteiger partial charge in [0.1, 0.15) is 5.75 Å². The smallest absolute Gasteiger partial charge is 0.335 e. The number of anilines is 1. The van der Waals surface area contributed by atoms with Gasteiger partial charge in [-0.25, -0.2) is 4.79 Å². The number of halogens is 1. The Morgan fingerprint density at radius 1 is 1.44 bits per heavy atom. The highest BCUT2D eigenvalue weighted by Gasteiger charge is 2.14. The number of benzene rings is 1. The maximum absolute atomic E-state index is 11.0. The number of ether oxygens (including phenoxy) is 1. The lowest BCUT2D eigenvalue weighted by Crippen LogP contribution is -2.25. The molecule has 0 unspecified atom stereocenters. The van der Waals surface area contributed by atoms with E-state index >= 15 is 0 Å². The number of nitrogens with zero attached hydrogens (tertiary/aromatic N) is 1. The monoisotopic (exact) mass is 271 g/mol. The molecule has 100 valence electrons. The molecule has 0 saturated heterocycles. The summed E-state index contributed by atoms with van der Waals surface area (Å²) in [5, 5.41) is 9.03. The van der Waals surface area contributed by atoms with Crippen LogP contribution < -0.4 is 9.64 Å². The molecular formula is C13H18ClNO3. The third-order valence-electron chi connectivity index (χ3n) is 2.58. The van der Waals surface area contributed by atoms with Gasteiger partial charge in [0.15, 0.2) is 0 Å². The summed E-state index contributed by atoms with van der Waals surface area (Å²) in [7, 11) is 0. The second kappa shape index (κ2) is 7.11. The molecule has 0 fully saturated rings. The molecule has 0 spiro atoms. The number of carboxylic acid groups (broad SMARTS) is 1. The van der Waals surface area contributed by atoms with Gasteiger partial charge in [-0.15, -0.1) is 11.6 Å². The molecule has 0 saturated carbocycles. The van der Waals surface area contributed by atoms with Gasteiger partial charge in [0.25, 0.3) is 0 Å². The molecule has 0 radical (unpaired) electrons. The van der Waals surface area contributed by atoms with E-state index in [0.29, 0.717) is 24.8 Å². The first-order chi connectivity index (χ1) is 8.63. The quantitative estimate of drug-likeness (QED) is 0.775. The maximum atomic E-state index is 11.0. The highest BCUT2D eigenvalue weighted by Crippen LogP contribution is 2.29. The fraction of sp³-hybridized carbons (Fsp3) is 0.462. The molecule has 0 aliphatic rings. The van der Waals surface area contributed by atoms with Gasteiger partial charge in [-0.1, -0.05) is 0 Å². The zero-order valence-electron chi connectivity index (χ0n) is 10.6. The van der Waals surface area contributed by atoms with Crippen LogP contribution in [0.25, 0.3) is 0 Å². The molecule has 0 aliphatic heterocycles. The van der Waals surface area contributed by atoms with Crippen molar-refractivity contribution >= 4 is 23.3 Å². The summed E-state index contributed by atoms with van der Waals surface area (Å²) in [5.41, 5.74) is 1.03. The summed E-state index contributed by atoms with van der Waals surface area (Å²) in [4.78, 5) is 13.0. The molecule has 0 atom stereocenters. The number of carbonyl (C=O) groups is 1. The number of hydrogen-bond donors (Lipinski definition) is 1. The van der Waals surface area contributed by atoms with Crippen LogP contribution in [0.4, 0.5) is 5.69 Å². The third kappa shape index (κ3) is 3.53. The van der Waals surface area contributed by atoms with Gasteiger partial charge in [-0.05, 0) is 32.0 Å². The Bertz CT molecular complexity index is 409. The first-order valence-corrected chi connectivity index (χ1v) is 6.48. The predicted octanol–water partition coefficient (Wildman–Crippen LogP) is 2.85. The molecule has 4 nitrogen and oxygen atoms in total. The van der Waals surface area contributed by atoms with Crippen LogP contribution in [-0.4, -0.2) is 36.7 Å². The van der Waals surface area contributed by atoms with Crippen molar-refractivity contribution in [2.75, 3.05) is 30.5 Å². The highest BCUT2D eigenvalue weighted by molar-refractivity contribution is 6.18. The fourth-order valence-corrected chi connectivity index (χ4v) is 1.93. The standard InChI is InChI=1S/C13H18ClNO3/c1-3-15(8-7-14)11-9-10(13(16)17)5-6-12(11)18-4-2/h5-6,9H,3-4,7-8H2,1-2H3,(H,16,17). The van der Waals surface area contributed by atoms with Gasteiger partial charge in [0, 0.05) is 19.0 Å². The summed E-state index contributed by atoms with van der Waals surface area (Å²) >= 11 is 5.76. The molecule has 1 aromatic rings. The summed E-state index contributed by atoms with van der Waals surface area (Å²) in [5.74, 6) is 0.229. The summed E-state index contributed by atoms with van der Waals surface area (Å²) in [6.45, 7) is 5.83. The van der Waals surface area contributed by atoms with E-state index < -0.39 is 5.97 Å². The lowest BCUT2D eigenvalue weighted by atomic mass is 10.1. The lowest BCUT2D eigenvalue weighted by molar-refractivity contribution is 0.0697. The molecule has 0 aliphatic carbocycles. The van der Waals surface area contributed by atoms with E-state index in [1.54, 1.807) is 18.2 Å². The number of aromatic carboxylic acids is 1. The van der Waals surface area contributed by atoms with Crippen LogP contribution in [0.15, 0.2) is 18.2 Å². The molecule has 5 heteroatoms. The summed E-state index contributed by atoms with van der Waals surface area (Å²) in [6.07, 6.45) is 0. The minimum absolute atomic E-state index is 0.251. The molecular weight excluding hydrogens is 254 g/mol. The van der Waals surface area contributed by atoms with Crippen LogP contribution in [0.2, 0.25) is 0 Å². The summed E-state index contributed by atoms with van der Waals surface area (Å²) < 4.78 is 5.52. The van der Waals surface area contributed by atoms with Crippen molar-refractivity contribution in [1.29, 1.82) is 0 Å². The van der Waals surface area contributed by atoms with Crippen LogP contribution in [0, 0.1) is 0 Å². The van der Waals surface area contributed by atoms with Crippen LogP contribution in [0.3, 0.4) is 0 Å². The van der Waals surface area contributed by atoms with Crippen molar-refractivity contribution in [1.82, 2.24) is 0 Å². The fourth-order valence-electron chi connectivity index (χ4n) is 1.73. The average Bonchev–Trinajstić information content (AvgIpc) is 2.36. The van der Waals surface area contributed by atoms with Crippen molar-refractivity contribution in [2.24, 2.45) is 0 Å². The van der Waals surface area contributed by atoms with E-state index in [1.807, 2.05) is 18.7 Å². The first-order valence-electron chi connectivity index (χ1n) is 5.95. The van der Waals surface area contributed by atoms with Crippen LogP contribution >= 0.6 is 11.6 Å². The van der Waals surface area contributed by atoms with E-state index in [4.69, 9.17) is 21.4 Å². The Hall–Kier alpha value is -1.42. The van der Waals surface area contributed by atoms with E-state index in [2.05, 4.69) is 0 Å². The van der Waals surface area contributed by atoms with E-state index in [1.165, 1.54) is 0 Å². The van der Waals surface area contributed by atoms with Gasteiger partial charge in [-0.3, -0.25) is 0 Å². The Balaban J connectivity index is 3.16. The van der Waals surface area contributed by atoms with Gasteiger partial charge >= 0.3 is 5.97 Å². The third-order valence-corrected chi connectivity index (χ3v) is 2.75. The van der Waals surface area contributed by atoms with Crippen molar-refractivity contribution in [3.05, 3.63) is 23.8 Å². The number of carboxylic acids is 1. The number of hydrogen-bond acceptors (Lipinski definition) is 3. The van der Waals surface area contributed by atoms with Crippen LogP contribution in [0.1, 0.15) is 24.2 Å². The van der Waals surface area contributed by atoms with Crippen LogP contribution in [-0.2, 0) is 0 Å². The largest absolute Gasteiger partial charge is 0.492 e. The maximum Gasteiger partial charge on any atom is 0.335 e. The Kier molecular flexibility index (Phi) is 5.78. The summed E-state index contributed by atoms with van der Waals surface area (Å²) in [6, 6.07) is 4.87. The van der Waals surface area contributed by atoms with Crippen molar-refractivity contribution in [3.63, 3.8) is 0 Å². The van der Waals surface area contributed by atoms with Crippen molar-refractivity contribution in [2.45, 2.75) is 13.8 Å². The minimum Gasteiger partial charge on any atom is -0.492 e.